The molecular weight excluding hydrogens is 240 g/mol. The topological polar surface area (TPSA) is 50.4 Å². The van der Waals surface area contributed by atoms with Crippen molar-refractivity contribution < 1.29 is 9.53 Å². The minimum absolute atomic E-state index is 0.0849. The SMILES string of the molecule is COCCCNC(=O)NCC1(c2ccccc2)CC1. The third-order valence-electron chi connectivity index (χ3n) is 3.64. The summed E-state index contributed by atoms with van der Waals surface area (Å²) in [5.41, 5.74) is 1.50. The molecule has 0 aromatic heterocycles. The van der Waals surface area contributed by atoms with Crippen LogP contribution >= 0.6 is 0 Å². The van der Waals surface area contributed by atoms with Gasteiger partial charge in [-0.2, -0.15) is 0 Å². The molecule has 1 fully saturated rings. The van der Waals surface area contributed by atoms with Crippen LogP contribution in [0.3, 0.4) is 0 Å². The van der Waals surface area contributed by atoms with Crippen LogP contribution in [0.15, 0.2) is 30.3 Å². The second-order valence-corrected chi connectivity index (χ2v) is 5.10. The van der Waals surface area contributed by atoms with Gasteiger partial charge in [-0.1, -0.05) is 30.3 Å². The van der Waals surface area contributed by atoms with Crippen LogP contribution in [0.5, 0.6) is 0 Å². The van der Waals surface area contributed by atoms with Crippen LogP contribution in [0.25, 0.3) is 0 Å². The normalized spacial score (nSPS) is 15.8. The van der Waals surface area contributed by atoms with Gasteiger partial charge in [0.1, 0.15) is 0 Å². The molecule has 0 aliphatic heterocycles. The van der Waals surface area contributed by atoms with Crippen molar-refractivity contribution in [1.29, 1.82) is 0 Å². The quantitative estimate of drug-likeness (QED) is 0.739. The highest BCUT2D eigenvalue weighted by Gasteiger charge is 2.44. The van der Waals surface area contributed by atoms with E-state index < -0.39 is 0 Å². The van der Waals surface area contributed by atoms with Gasteiger partial charge in [-0.15, -0.1) is 0 Å². The van der Waals surface area contributed by atoms with Crippen molar-refractivity contribution in [3.63, 3.8) is 0 Å². The number of rotatable bonds is 7. The molecule has 1 aliphatic carbocycles. The van der Waals surface area contributed by atoms with E-state index in [1.54, 1.807) is 7.11 Å². The summed E-state index contributed by atoms with van der Waals surface area (Å²) in [4.78, 5) is 11.6. The van der Waals surface area contributed by atoms with Gasteiger partial charge in [0.25, 0.3) is 0 Å². The van der Waals surface area contributed by atoms with E-state index >= 15 is 0 Å². The average molecular weight is 262 g/mol. The Kier molecular flexibility index (Phi) is 4.80. The molecule has 2 N–H and O–H groups in total. The predicted molar refractivity (Wildman–Crippen MR) is 75.2 cm³/mol. The highest BCUT2D eigenvalue weighted by molar-refractivity contribution is 5.74. The second kappa shape index (κ2) is 6.57. The number of hydrogen-bond donors (Lipinski definition) is 2. The molecular formula is C15H22N2O2. The van der Waals surface area contributed by atoms with Crippen molar-refractivity contribution in [2.75, 3.05) is 26.8 Å². The summed E-state index contributed by atoms with van der Waals surface area (Å²) in [5, 5.41) is 5.81. The minimum atomic E-state index is -0.0849. The summed E-state index contributed by atoms with van der Waals surface area (Å²) in [6.45, 7) is 2.04. The number of benzene rings is 1. The number of amides is 2. The number of nitrogens with one attached hydrogen (secondary N) is 2. The summed E-state index contributed by atoms with van der Waals surface area (Å²) in [7, 11) is 1.66. The van der Waals surface area contributed by atoms with Gasteiger partial charge in [0.05, 0.1) is 0 Å². The first-order valence-corrected chi connectivity index (χ1v) is 6.83. The van der Waals surface area contributed by atoms with E-state index in [-0.39, 0.29) is 11.4 Å². The third kappa shape index (κ3) is 3.96. The van der Waals surface area contributed by atoms with Crippen LogP contribution in [0.4, 0.5) is 4.79 Å². The average Bonchev–Trinajstić information content (AvgIpc) is 3.24. The smallest absolute Gasteiger partial charge is 0.314 e. The zero-order valence-corrected chi connectivity index (χ0v) is 11.4. The van der Waals surface area contributed by atoms with Crippen molar-refractivity contribution >= 4 is 6.03 Å². The zero-order chi connectivity index (χ0) is 13.6. The molecule has 1 aliphatic rings. The largest absolute Gasteiger partial charge is 0.385 e. The van der Waals surface area contributed by atoms with Crippen LogP contribution in [0, 0.1) is 0 Å². The highest BCUT2D eigenvalue weighted by Crippen LogP contribution is 2.47. The number of urea groups is 1. The first-order valence-electron chi connectivity index (χ1n) is 6.83. The fourth-order valence-electron chi connectivity index (χ4n) is 2.24. The molecule has 19 heavy (non-hydrogen) atoms. The van der Waals surface area contributed by atoms with E-state index in [2.05, 4.69) is 34.9 Å². The van der Waals surface area contributed by atoms with E-state index in [9.17, 15) is 4.79 Å². The molecule has 0 atom stereocenters. The van der Waals surface area contributed by atoms with Gasteiger partial charge >= 0.3 is 6.03 Å². The van der Waals surface area contributed by atoms with Crippen LogP contribution in [0.2, 0.25) is 0 Å². The molecule has 4 heteroatoms. The van der Waals surface area contributed by atoms with Crippen LogP contribution in [0.1, 0.15) is 24.8 Å². The van der Waals surface area contributed by atoms with Gasteiger partial charge in [0.2, 0.25) is 0 Å². The molecule has 2 amide bonds. The molecule has 1 aromatic rings. The Morgan fingerprint density at radius 1 is 1.26 bits per heavy atom. The number of hydrogen-bond acceptors (Lipinski definition) is 2. The Balaban J connectivity index is 1.72. The van der Waals surface area contributed by atoms with Gasteiger partial charge in [-0.05, 0) is 24.8 Å². The Labute approximate surface area is 114 Å². The number of carbonyl (C=O) groups is 1. The summed E-state index contributed by atoms with van der Waals surface area (Å²) in [5.74, 6) is 0. The zero-order valence-electron chi connectivity index (χ0n) is 11.4. The lowest BCUT2D eigenvalue weighted by Gasteiger charge is -2.16. The van der Waals surface area contributed by atoms with Crippen molar-refractivity contribution in [1.82, 2.24) is 10.6 Å². The second-order valence-electron chi connectivity index (χ2n) is 5.10. The third-order valence-corrected chi connectivity index (χ3v) is 3.64. The number of methoxy groups -OCH3 is 1. The molecule has 0 heterocycles. The molecule has 1 saturated carbocycles. The first kappa shape index (κ1) is 13.9. The molecule has 0 saturated heterocycles. The van der Waals surface area contributed by atoms with Crippen LogP contribution in [-0.2, 0) is 10.2 Å². The lowest BCUT2D eigenvalue weighted by atomic mass is 9.96. The molecule has 0 spiro atoms. The molecule has 4 nitrogen and oxygen atoms in total. The monoisotopic (exact) mass is 262 g/mol. The van der Waals surface area contributed by atoms with Crippen LogP contribution < -0.4 is 10.6 Å². The summed E-state index contributed by atoms with van der Waals surface area (Å²) < 4.78 is 4.93. The Bertz CT molecular complexity index is 402. The van der Waals surface area contributed by atoms with Gasteiger partial charge in [0.15, 0.2) is 0 Å². The molecule has 104 valence electrons. The Morgan fingerprint density at radius 2 is 2.00 bits per heavy atom. The molecule has 0 bridgehead atoms. The van der Waals surface area contributed by atoms with Crippen molar-refractivity contribution in [3.05, 3.63) is 35.9 Å². The standard InChI is InChI=1S/C15H22N2O2/c1-19-11-5-10-16-14(18)17-12-15(8-9-15)13-6-3-2-4-7-13/h2-4,6-7H,5,8-12H2,1H3,(H2,16,17,18). The lowest BCUT2D eigenvalue weighted by molar-refractivity contribution is 0.193. The Morgan fingerprint density at radius 3 is 2.63 bits per heavy atom. The summed E-state index contributed by atoms with van der Waals surface area (Å²) in [6, 6.07) is 10.3. The van der Waals surface area contributed by atoms with E-state index in [1.165, 1.54) is 5.56 Å². The van der Waals surface area contributed by atoms with Gasteiger partial charge in [-0.3, -0.25) is 0 Å². The minimum Gasteiger partial charge on any atom is -0.385 e. The van der Waals surface area contributed by atoms with E-state index in [1.807, 2.05) is 6.07 Å². The van der Waals surface area contributed by atoms with E-state index in [4.69, 9.17) is 4.74 Å². The molecule has 1 aromatic carbocycles. The Hall–Kier alpha value is -1.55. The molecule has 2 rings (SSSR count). The predicted octanol–water partition coefficient (Wildman–Crippen LogP) is 2.05. The number of ether oxygens (including phenoxy) is 1. The van der Waals surface area contributed by atoms with Crippen molar-refractivity contribution in [3.8, 4) is 0 Å². The van der Waals surface area contributed by atoms with E-state index in [0.29, 0.717) is 19.7 Å². The fraction of sp³-hybridized carbons (Fsp3) is 0.533. The summed E-state index contributed by atoms with van der Waals surface area (Å²) in [6.07, 6.45) is 3.15. The summed E-state index contributed by atoms with van der Waals surface area (Å²) >= 11 is 0. The maximum atomic E-state index is 11.6. The maximum absolute atomic E-state index is 11.6. The van der Waals surface area contributed by atoms with Crippen molar-refractivity contribution in [2.24, 2.45) is 0 Å². The van der Waals surface area contributed by atoms with E-state index in [0.717, 1.165) is 19.3 Å². The van der Waals surface area contributed by atoms with Gasteiger partial charge in [-0.25, -0.2) is 4.79 Å². The van der Waals surface area contributed by atoms with Crippen LogP contribution in [-0.4, -0.2) is 32.8 Å². The highest BCUT2D eigenvalue weighted by atomic mass is 16.5. The van der Waals surface area contributed by atoms with Gasteiger partial charge in [0, 0.05) is 32.2 Å². The van der Waals surface area contributed by atoms with Gasteiger partial charge < -0.3 is 15.4 Å². The van der Waals surface area contributed by atoms with Crippen molar-refractivity contribution in [2.45, 2.75) is 24.7 Å². The number of carbonyl (C=O) groups excluding carboxylic acids is 1. The maximum Gasteiger partial charge on any atom is 0.314 e. The lowest BCUT2D eigenvalue weighted by Crippen LogP contribution is -2.40. The molecule has 0 radical (unpaired) electrons. The fourth-order valence-corrected chi connectivity index (χ4v) is 2.24. The molecule has 0 unspecified atom stereocenters. The first-order chi connectivity index (χ1) is 9.27.